The van der Waals surface area contributed by atoms with Gasteiger partial charge < -0.3 is 14.5 Å². The molecule has 2 unspecified atom stereocenters. The highest BCUT2D eigenvalue weighted by atomic mass is 16.5. The lowest BCUT2D eigenvalue weighted by molar-refractivity contribution is -0.145. The number of carbonyl (C=O) groups is 2. The summed E-state index contributed by atoms with van der Waals surface area (Å²) in [5, 5.41) is 0. The molecule has 2 heterocycles. The van der Waals surface area contributed by atoms with Crippen LogP contribution in [0.1, 0.15) is 44.6 Å². The second kappa shape index (κ2) is 8.00. The van der Waals surface area contributed by atoms with Gasteiger partial charge in [-0.1, -0.05) is 26.0 Å². The SMILES string of the molecule is CCC(C)c1cccc(N2CCCC(C(=O)N3CCOCC3)C2=O)c1. The number of morpholine rings is 1. The quantitative estimate of drug-likeness (QED) is 0.789. The molecule has 2 fully saturated rings. The van der Waals surface area contributed by atoms with Crippen molar-refractivity contribution in [1.82, 2.24) is 4.90 Å². The van der Waals surface area contributed by atoms with Gasteiger partial charge in [-0.25, -0.2) is 0 Å². The second-order valence-electron chi connectivity index (χ2n) is 7.03. The van der Waals surface area contributed by atoms with E-state index in [0.29, 0.717) is 45.2 Å². The third kappa shape index (κ3) is 3.87. The fourth-order valence-corrected chi connectivity index (χ4v) is 3.60. The zero-order valence-corrected chi connectivity index (χ0v) is 15.2. The van der Waals surface area contributed by atoms with Gasteiger partial charge in [0.1, 0.15) is 5.92 Å². The molecule has 2 aliphatic heterocycles. The number of hydrogen-bond donors (Lipinski definition) is 0. The molecular formula is C20H28N2O3. The summed E-state index contributed by atoms with van der Waals surface area (Å²) < 4.78 is 5.31. The maximum Gasteiger partial charge on any atom is 0.239 e. The standard InChI is InChI=1S/C20H28N2O3/c1-3-15(2)16-6-4-7-17(14-16)22-9-5-8-18(20(22)24)19(23)21-10-12-25-13-11-21/h4,6-7,14-15,18H,3,5,8-13H2,1-2H3. The van der Waals surface area contributed by atoms with Crippen LogP contribution >= 0.6 is 0 Å². The average molecular weight is 344 g/mol. The van der Waals surface area contributed by atoms with Crippen LogP contribution in [0.4, 0.5) is 5.69 Å². The molecule has 2 atom stereocenters. The largest absolute Gasteiger partial charge is 0.378 e. The summed E-state index contributed by atoms with van der Waals surface area (Å²) in [5.74, 6) is -0.162. The van der Waals surface area contributed by atoms with Gasteiger partial charge in [0.05, 0.1) is 13.2 Å². The summed E-state index contributed by atoms with van der Waals surface area (Å²) in [5.41, 5.74) is 2.16. The first-order valence-corrected chi connectivity index (χ1v) is 9.39. The van der Waals surface area contributed by atoms with Crippen molar-refractivity contribution in [3.05, 3.63) is 29.8 Å². The average Bonchev–Trinajstić information content (AvgIpc) is 2.68. The number of anilines is 1. The Morgan fingerprint density at radius 1 is 1.28 bits per heavy atom. The molecule has 1 aromatic carbocycles. The first-order valence-electron chi connectivity index (χ1n) is 9.39. The minimum Gasteiger partial charge on any atom is -0.378 e. The Morgan fingerprint density at radius 2 is 2.04 bits per heavy atom. The molecule has 0 radical (unpaired) electrons. The van der Waals surface area contributed by atoms with E-state index in [1.165, 1.54) is 5.56 Å². The number of piperidine rings is 1. The smallest absolute Gasteiger partial charge is 0.239 e. The number of nitrogens with zero attached hydrogens (tertiary/aromatic N) is 2. The lowest BCUT2D eigenvalue weighted by Crippen LogP contribution is -2.51. The summed E-state index contributed by atoms with van der Waals surface area (Å²) in [6.07, 6.45) is 2.58. The molecule has 2 amide bonds. The van der Waals surface area contributed by atoms with Crippen molar-refractivity contribution in [2.24, 2.45) is 5.92 Å². The summed E-state index contributed by atoms with van der Waals surface area (Å²) in [6.45, 7) is 7.36. The van der Waals surface area contributed by atoms with Crippen LogP contribution in [0, 0.1) is 5.92 Å². The highest BCUT2D eigenvalue weighted by molar-refractivity contribution is 6.08. The maximum atomic E-state index is 13.0. The number of hydrogen-bond acceptors (Lipinski definition) is 3. The molecule has 1 aromatic rings. The van der Waals surface area contributed by atoms with Crippen LogP contribution in [0.25, 0.3) is 0 Å². The van der Waals surface area contributed by atoms with Crippen LogP contribution in [-0.2, 0) is 14.3 Å². The summed E-state index contributed by atoms with van der Waals surface area (Å²) >= 11 is 0. The molecule has 0 aromatic heterocycles. The molecule has 5 nitrogen and oxygen atoms in total. The molecular weight excluding hydrogens is 316 g/mol. The molecule has 0 bridgehead atoms. The molecule has 136 valence electrons. The number of carbonyl (C=O) groups excluding carboxylic acids is 2. The first-order chi connectivity index (χ1) is 12.1. The molecule has 5 heteroatoms. The number of amides is 2. The zero-order chi connectivity index (χ0) is 17.8. The van der Waals surface area contributed by atoms with Crippen molar-refractivity contribution in [1.29, 1.82) is 0 Å². The number of benzene rings is 1. The van der Waals surface area contributed by atoms with Gasteiger partial charge in [0.25, 0.3) is 0 Å². The van der Waals surface area contributed by atoms with Gasteiger partial charge >= 0.3 is 0 Å². The Morgan fingerprint density at radius 3 is 2.76 bits per heavy atom. The number of ether oxygens (including phenoxy) is 1. The molecule has 0 aliphatic carbocycles. The van der Waals surface area contributed by atoms with E-state index in [2.05, 4.69) is 26.0 Å². The lowest BCUT2D eigenvalue weighted by Gasteiger charge is -2.35. The van der Waals surface area contributed by atoms with Crippen LogP contribution in [-0.4, -0.2) is 49.6 Å². The van der Waals surface area contributed by atoms with Gasteiger partial charge in [0.2, 0.25) is 11.8 Å². The molecule has 0 N–H and O–H groups in total. The van der Waals surface area contributed by atoms with Gasteiger partial charge in [-0.3, -0.25) is 9.59 Å². The van der Waals surface area contributed by atoms with Crippen molar-refractivity contribution in [2.45, 2.75) is 39.0 Å². The van der Waals surface area contributed by atoms with Crippen LogP contribution in [0.5, 0.6) is 0 Å². The Bertz CT molecular complexity index is 625. The summed E-state index contributed by atoms with van der Waals surface area (Å²) in [4.78, 5) is 29.4. The molecule has 0 spiro atoms. The topological polar surface area (TPSA) is 49.9 Å². The van der Waals surface area contributed by atoms with E-state index in [9.17, 15) is 9.59 Å². The molecule has 2 aliphatic rings. The Hall–Kier alpha value is -1.88. The summed E-state index contributed by atoms with van der Waals surface area (Å²) in [7, 11) is 0. The van der Waals surface area contributed by atoms with E-state index in [0.717, 1.165) is 18.5 Å². The van der Waals surface area contributed by atoms with E-state index in [4.69, 9.17) is 4.74 Å². The van der Waals surface area contributed by atoms with Gasteiger partial charge in [-0.05, 0) is 42.9 Å². The highest BCUT2D eigenvalue weighted by Gasteiger charge is 2.37. The minimum atomic E-state index is -0.542. The van der Waals surface area contributed by atoms with E-state index < -0.39 is 5.92 Å². The molecule has 25 heavy (non-hydrogen) atoms. The second-order valence-corrected chi connectivity index (χ2v) is 7.03. The monoisotopic (exact) mass is 344 g/mol. The van der Waals surface area contributed by atoms with Crippen molar-refractivity contribution < 1.29 is 14.3 Å². The molecule has 3 rings (SSSR count). The number of rotatable bonds is 4. The Kier molecular flexibility index (Phi) is 5.74. The van der Waals surface area contributed by atoms with Crippen molar-refractivity contribution in [3.8, 4) is 0 Å². The zero-order valence-electron chi connectivity index (χ0n) is 15.2. The predicted molar refractivity (Wildman–Crippen MR) is 97.6 cm³/mol. The molecule has 0 saturated carbocycles. The fraction of sp³-hybridized carbons (Fsp3) is 0.600. The minimum absolute atomic E-state index is 0.0314. The van der Waals surface area contributed by atoms with Gasteiger partial charge in [0, 0.05) is 25.3 Å². The van der Waals surface area contributed by atoms with E-state index in [1.54, 1.807) is 9.80 Å². The fourth-order valence-electron chi connectivity index (χ4n) is 3.60. The maximum absolute atomic E-state index is 13.0. The summed E-state index contributed by atoms with van der Waals surface area (Å²) in [6, 6.07) is 8.21. The first kappa shape index (κ1) is 17.9. The van der Waals surface area contributed by atoms with Crippen LogP contribution in [0.2, 0.25) is 0 Å². The van der Waals surface area contributed by atoms with Crippen molar-refractivity contribution >= 4 is 17.5 Å². The van der Waals surface area contributed by atoms with Crippen molar-refractivity contribution in [3.63, 3.8) is 0 Å². The van der Waals surface area contributed by atoms with Crippen molar-refractivity contribution in [2.75, 3.05) is 37.7 Å². The van der Waals surface area contributed by atoms with E-state index in [1.807, 2.05) is 12.1 Å². The third-order valence-electron chi connectivity index (χ3n) is 5.42. The van der Waals surface area contributed by atoms with Gasteiger partial charge in [-0.15, -0.1) is 0 Å². The predicted octanol–water partition coefficient (Wildman–Crippen LogP) is 2.80. The Labute approximate surface area is 149 Å². The highest BCUT2D eigenvalue weighted by Crippen LogP contribution is 2.29. The van der Waals surface area contributed by atoms with Crippen LogP contribution < -0.4 is 4.90 Å². The van der Waals surface area contributed by atoms with Gasteiger partial charge in [-0.2, -0.15) is 0 Å². The van der Waals surface area contributed by atoms with Gasteiger partial charge in [0.15, 0.2) is 0 Å². The molecule has 2 saturated heterocycles. The van der Waals surface area contributed by atoms with E-state index >= 15 is 0 Å². The van der Waals surface area contributed by atoms with Crippen LogP contribution in [0.3, 0.4) is 0 Å². The van der Waals surface area contributed by atoms with E-state index in [-0.39, 0.29) is 11.8 Å². The van der Waals surface area contributed by atoms with Crippen LogP contribution in [0.15, 0.2) is 24.3 Å². The third-order valence-corrected chi connectivity index (χ3v) is 5.42. The Balaban J connectivity index is 1.76. The lowest BCUT2D eigenvalue weighted by atomic mass is 9.93. The normalized spacial score (nSPS) is 22.8.